The van der Waals surface area contributed by atoms with Crippen molar-refractivity contribution in [2.45, 2.75) is 39.5 Å². The lowest BCUT2D eigenvalue weighted by Crippen LogP contribution is -2.32. The highest BCUT2D eigenvalue weighted by Gasteiger charge is 2.15. The van der Waals surface area contributed by atoms with E-state index in [9.17, 15) is 4.79 Å². The Bertz CT molecular complexity index is 450. The van der Waals surface area contributed by atoms with Gasteiger partial charge in [-0.1, -0.05) is 13.8 Å². The van der Waals surface area contributed by atoms with Crippen LogP contribution >= 0.6 is 0 Å². The molecule has 0 atom stereocenters. The molecule has 1 aliphatic rings. The summed E-state index contributed by atoms with van der Waals surface area (Å²) in [6, 6.07) is 8.23. The molecule has 0 radical (unpaired) electrons. The minimum absolute atomic E-state index is 0.0724. The molecule has 22 heavy (non-hydrogen) atoms. The van der Waals surface area contributed by atoms with E-state index in [1.54, 1.807) is 0 Å². The van der Waals surface area contributed by atoms with E-state index in [0.29, 0.717) is 6.42 Å². The molecule has 1 aromatic carbocycles. The Morgan fingerprint density at radius 2 is 1.86 bits per heavy atom. The first-order chi connectivity index (χ1) is 10.7. The van der Waals surface area contributed by atoms with Crippen molar-refractivity contribution in [2.75, 3.05) is 36.4 Å². The van der Waals surface area contributed by atoms with Crippen LogP contribution in [0.25, 0.3) is 0 Å². The van der Waals surface area contributed by atoms with Gasteiger partial charge >= 0.3 is 0 Å². The zero-order valence-corrected chi connectivity index (χ0v) is 13.9. The second-order valence-corrected chi connectivity index (χ2v) is 6.26. The Kier molecular flexibility index (Phi) is 6.72. The molecule has 1 saturated heterocycles. The highest BCUT2D eigenvalue weighted by atomic mass is 16.1. The predicted molar refractivity (Wildman–Crippen MR) is 93.5 cm³/mol. The Morgan fingerprint density at radius 3 is 2.50 bits per heavy atom. The minimum Gasteiger partial charge on any atom is -0.372 e. The number of hydrogen-bond acceptors (Lipinski definition) is 3. The first kappa shape index (κ1) is 16.8. The second-order valence-electron chi connectivity index (χ2n) is 6.26. The standard InChI is InChI=1S/C18H29N3O/c1-3-11-19-12-8-18(22)20-16-4-6-17(7-5-16)21-13-9-15(2)10-14-21/h4-7,15,19H,3,8-14H2,1-2H3,(H,20,22). The van der Waals surface area contributed by atoms with Crippen LogP contribution in [0.3, 0.4) is 0 Å². The molecule has 1 fully saturated rings. The number of nitrogens with one attached hydrogen (secondary N) is 2. The van der Waals surface area contributed by atoms with Gasteiger partial charge in [-0.2, -0.15) is 0 Å². The molecule has 1 aliphatic heterocycles. The summed E-state index contributed by atoms with van der Waals surface area (Å²) in [6.07, 6.45) is 4.15. The number of carbonyl (C=O) groups is 1. The molecule has 0 spiro atoms. The maximum absolute atomic E-state index is 11.8. The molecule has 2 N–H and O–H groups in total. The molecule has 0 aliphatic carbocycles. The van der Waals surface area contributed by atoms with Crippen LogP contribution in [0.2, 0.25) is 0 Å². The van der Waals surface area contributed by atoms with Gasteiger partial charge in [-0.25, -0.2) is 0 Å². The molecular weight excluding hydrogens is 274 g/mol. The molecule has 0 bridgehead atoms. The fourth-order valence-electron chi connectivity index (χ4n) is 2.75. The van der Waals surface area contributed by atoms with E-state index in [1.165, 1.54) is 18.5 Å². The van der Waals surface area contributed by atoms with Gasteiger partial charge in [0.1, 0.15) is 0 Å². The average Bonchev–Trinajstić information content (AvgIpc) is 2.53. The Morgan fingerprint density at radius 1 is 1.18 bits per heavy atom. The summed E-state index contributed by atoms with van der Waals surface area (Å²) in [6.45, 7) is 8.43. The molecule has 1 heterocycles. The fraction of sp³-hybridized carbons (Fsp3) is 0.611. The van der Waals surface area contributed by atoms with Gasteiger partial charge in [0.05, 0.1) is 0 Å². The molecule has 0 saturated carbocycles. The Labute approximate surface area is 134 Å². The lowest BCUT2D eigenvalue weighted by atomic mass is 9.99. The Balaban J connectivity index is 1.78. The molecule has 0 unspecified atom stereocenters. The van der Waals surface area contributed by atoms with E-state index in [1.807, 2.05) is 12.1 Å². The number of rotatable bonds is 7. The van der Waals surface area contributed by atoms with Gasteiger partial charge in [0.25, 0.3) is 0 Å². The van der Waals surface area contributed by atoms with Gasteiger partial charge in [0.2, 0.25) is 5.91 Å². The number of carbonyl (C=O) groups excluding carboxylic acids is 1. The van der Waals surface area contributed by atoms with Crippen LogP contribution in [0.15, 0.2) is 24.3 Å². The van der Waals surface area contributed by atoms with Crippen LogP contribution in [-0.4, -0.2) is 32.1 Å². The molecule has 4 nitrogen and oxygen atoms in total. The van der Waals surface area contributed by atoms with E-state index in [-0.39, 0.29) is 5.91 Å². The maximum atomic E-state index is 11.8. The smallest absolute Gasteiger partial charge is 0.225 e. The van der Waals surface area contributed by atoms with Crippen molar-refractivity contribution in [3.8, 4) is 0 Å². The largest absolute Gasteiger partial charge is 0.372 e. The van der Waals surface area contributed by atoms with Crippen molar-refractivity contribution in [3.63, 3.8) is 0 Å². The van der Waals surface area contributed by atoms with Crippen LogP contribution in [0.1, 0.15) is 39.5 Å². The molecule has 0 aromatic heterocycles. The first-order valence-corrected chi connectivity index (χ1v) is 8.54. The van der Waals surface area contributed by atoms with Crippen LogP contribution in [0.4, 0.5) is 11.4 Å². The topological polar surface area (TPSA) is 44.4 Å². The van der Waals surface area contributed by atoms with Crippen molar-refractivity contribution in [1.29, 1.82) is 0 Å². The summed E-state index contributed by atoms with van der Waals surface area (Å²) in [5.41, 5.74) is 2.14. The van der Waals surface area contributed by atoms with Crippen molar-refractivity contribution >= 4 is 17.3 Å². The normalized spacial score (nSPS) is 15.8. The fourth-order valence-corrected chi connectivity index (χ4v) is 2.75. The van der Waals surface area contributed by atoms with Gasteiger partial charge in [0, 0.05) is 37.4 Å². The predicted octanol–water partition coefficient (Wildman–Crippen LogP) is 3.25. The van der Waals surface area contributed by atoms with Gasteiger partial charge in [-0.05, 0) is 56.0 Å². The van der Waals surface area contributed by atoms with E-state index < -0.39 is 0 Å². The zero-order chi connectivity index (χ0) is 15.8. The number of nitrogens with zero attached hydrogens (tertiary/aromatic N) is 1. The number of anilines is 2. The lowest BCUT2D eigenvalue weighted by molar-refractivity contribution is -0.116. The van der Waals surface area contributed by atoms with Crippen LogP contribution in [0.5, 0.6) is 0 Å². The Hall–Kier alpha value is -1.55. The SMILES string of the molecule is CCCNCCC(=O)Nc1ccc(N2CCC(C)CC2)cc1. The van der Waals surface area contributed by atoms with E-state index in [4.69, 9.17) is 0 Å². The average molecular weight is 303 g/mol. The number of hydrogen-bond donors (Lipinski definition) is 2. The summed E-state index contributed by atoms with van der Waals surface area (Å²) in [5.74, 6) is 0.916. The van der Waals surface area contributed by atoms with Crippen molar-refractivity contribution in [3.05, 3.63) is 24.3 Å². The third-order valence-corrected chi connectivity index (χ3v) is 4.26. The molecule has 1 aromatic rings. The molecule has 2 rings (SSSR count). The quantitative estimate of drug-likeness (QED) is 0.760. The van der Waals surface area contributed by atoms with Gasteiger partial charge < -0.3 is 15.5 Å². The molecular formula is C18H29N3O. The number of piperidine rings is 1. The first-order valence-electron chi connectivity index (χ1n) is 8.54. The van der Waals surface area contributed by atoms with Crippen LogP contribution < -0.4 is 15.5 Å². The highest BCUT2D eigenvalue weighted by Crippen LogP contribution is 2.24. The molecule has 122 valence electrons. The van der Waals surface area contributed by atoms with Crippen molar-refractivity contribution in [1.82, 2.24) is 5.32 Å². The summed E-state index contributed by atoms with van der Waals surface area (Å²) in [7, 11) is 0. The maximum Gasteiger partial charge on any atom is 0.225 e. The monoisotopic (exact) mass is 303 g/mol. The minimum atomic E-state index is 0.0724. The number of amides is 1. The molecule has 1 amide bonds. The zero-order valence-electron chi connectivity index (χ0n) is 13.9. The number of benzene rings is 1. The van der Waals surface area contributed by atoms with Gasteiger partial charge in [-0.15, -0.1) is 0 Å². The summed E-state index contributed by atoms with van der Waals surface area (Å²) >= 11 is 0. The second kappa shape index (κ2) is 8.79. The van der Waals surface area contributed by atoms with Crippen LogP contribution in [-0.2, 0) is 4.79 Å². The van der Waals surface area contributed by atoms with Crippen molar-refractivity contribution < 1.29 is 4.79 Å². The van der Waals surface area contributed by atoms with E-state index >= 15 is 0 Å². The third kappa shape index (κ3) is 5.34. The van der Waals surface area contributed by atoms with E-state index in [2.05, 4.69) is 41.5 Å². The summed E-state index contributed by atoms with van der Waals surface area (Å²) in [4.78, 5) is 14.3. The summed E-state index contributed by atoms with van der Waals surface area (Å²) in [5, 5.41) is 6.20. The molecule has 4 heteroatoms. The van der Waals surface area contributed by atoms with Crippen LogP contribution in [0, 0.1) is 5.92 Å². The third-order valence-electron chi connectivity index (χ3n) is 4.26. The lowest BCUT2D eigenvalue weighted by Gasteiger charge is -2.32. The highest BCUT2D eigenvalue weighted by molar-refractivity contribution is 5.91. The van der Waals surface area contributed by atoms with Crippen molar-refractivity contribution in [2.24, 2.45) is 5.92 Å². The van der Waals surface area contributed by atoms with E-state index in [0.717, 1.165) is 44.2 Å². The summed E-state index contributed by atoms with van der Waals surface area (Å²) < 4.78 is 0. The van der Waals surface area contributed by atoms with Gasteiger partial charge in [0.15, 0.2) is 0 Å². The van der Waals surface area contributed by atoms with Gasteiger partial charge in [-0.3, -0.25) is 4.79 Å².